The number of hydrogen-bond donors (Lipinski definition) is 1. The highest BCUT2D eigenvalue weighted by atomic mass is 16.1. The summed E-state index contributed by atoms with van der Waals surface area (Å²) in [6.07, 6.45) is 1.40. The molecule has 27 heavy (non-hydrogen) atoms. The molecule has 0 aliphatic heterocycles. The number of aromatic amines is 1. The molecule has 2 aromatic carbocycles. The molecule has 1 N–H and O–H groups in total. The van der Waals surface area contributed by atoms with Crippen LogP contribution in [0.15, 0.2) is 69.3 Å². The van der Waals surface area contributed by atoms with Crippen molar-refractivity contribution in [3.8, 4) is 5.69 Å². The van der Waals surface area contributed by atoms with Crippen molar-refractivity contribution in [3.63, 3.8) is 0 Å². The van der Waals surface area contributed by atoms with Gasteiger partial charge in [-0.1, -0.05) is 30.3 Å². The van der Waals surface area contributed by atoms with Crippen LogP contribution < -0.4 is 11.1 Å². The lowest BCUT2D eigenvalue weighted by molar-refractivity contribution is 0.770. The van der Waals surface area contributed by atoms with Crippen molar-refractivity contribution < 1.29 is 0 Å². The molecule has 0 fully saturated rings. The van der Waals surface area contributed by atoms with E-state index in [0.29, 0.717) is 28.0 Å². The predicted molar refractivity (Wildman–Crippen MR) is 105 cm³/mol. The van der Waals surface area contributed by atoms with Gasteiger partial charge in [-0.2, -0.15) is 9.78 Å². The van der Waals surface area contributed by atoms with Gasteiger partial charge >= 0.3 is 0 Å². The van der Waals surface area contributed by atoms with Crippen LogP contribution in [-0.4, -0.2) is 25.7 Å². The van der Waals surface area contributed by atoms with Crippen molar-refractivity contribution >= 4 is 17.1 Å². The molecule has 4 rings (SSSR count). The molecule has 134 valence electrons. The third-order valence-corrected chi connectivity index (χ3v) is 4.35. The quantitative estimate of drug-likeness (QED) is 0.570. The maximum atomic E-state index is 12.7. The molecule has 7 nitrogen and oxygen atoms in total. The molecule has 4 aromatic rings. The van der Waals surface area contributed by atoms with E-state index in [4.69, 9.17) is 0 Å². The Labute approximate surface area is 154 Å². The average Bonchev–Trinajstić information content (AvgIpc) is 2.96. The van der Waals surface area contributed by atoms with Crippen molar-refractivity contribution in [1.29, 1.82) is 0 Å². The Morgan fingerprint density at radius 2 is 1.67 bits per heavy atom. The first kappa shape index (κ1) is 16.7. The van der Waals surface area contributed by atoms with E-state index >= 15 is 0 Å². The zero-order valence-electron chi connectivity index (χ0n) is 14.9. The maximum Gasteiger partial charge on any atom is 0.282 e. The standard InChI is InChI=1S/C20H17N5O2/c1-13-17(20(27)25(23-13)15-8-4-3-5-9-15)12-21-24-14(2)22-18-11-7-6-10-16(18)19(24)26/h3-12,23H,1-2H3/b21-12+. The van der Waals surface area contributed by atoms with Crippen LogP contribution in [-0.2, 0) is 0 Å². The van der Waals surface area contributed by atoms with Crippen LogP contribution in [0.3, 0.4) is 0 Å². The molecule has 0 aliphatic carbocycles. The van der Waals surface area contributed by atoms with Gasteiger partial charge in [-0.3, -0.25) is 14.7 Å². The number of rotatable bonds is 3. The number of fused-ring (bicyclic) bond motifs is 1. The number of benzene rings is 2. The Hall–Kier alpha value is -3.74. The van der Waals surface area contributed by atoms with Gasteiger partial charge in [0.25, 0.3) is 11.1 Å². The number of aromatic nitrogens is 4. The number of aryl methyl sites for hydroxylation is 2. The van der Waals surface area contributed by atoms with Crippen LogP contribution >= 0.6 is 0 Å². The fourth-order valence-corrected chi connectivity index (χ4v) is 2.96. The molecule has 2 aromatic heterocycles. The zero-order chi connectivity index (χ0) is 19.0. The highest BCUT2D eigenvalue weighted by molar-refractivity contribution is 5.81. The van der Waals surface area contributed by atoms with Crippen molar-refractivity contribution in [3.05, 3.63) is 92.4 Å². The molecule has 0 saturated heterocycles. The first-order chi connectivity index (χ1) is 13.1. The number of para-hydroxylation sites is 2. The van der Waals surface area contributed by atoms with E-state index in [1.54, 1.807) is 32.0 Å². The highest BCUT2D eigenvalue weighted by Crippen LogP contribution is 2.08. The van der Waals surface area contributed by atoms with Gasteiger partial charge in [0.2, 0.25) is 0 Å². The fraction of sp³-hybridized carbons (Fsp3) is 0.100. The molecule has 0 unspecified atom stereocenters. The van der Waals surface area contributed by atoms with Crippen LogP contribution in [0.2, 0.25) is 0 Å². The minimum atomic E-state index is -0.272. The van der Waals surface area contributed by atoms with E-state index in [9.17, 15) is 9.59 Å². The first-order valence-corrected chi connectivity index (χ1v) is 8.46. The summed E-state index contributed by atoms with van der Waals surface area (Å²) in [6.45, 7) is 3.49. The van der Waals surface area contributed by atoms with Crippen LogP contribution in [0, 0.1) is 13.8 Å². The van der Waals surface area contributed by atoms with E-state index in [1.165, 1.54) is 15.6 Å². The van der Waals surface area contributed by atoms with Gasteiger partial charge in [0, 0.05) is 5.69 Å². The third-order valence-electron chi connectivity index (χ3n) is 4.35. The lowest BCUT2D eigenvalue weighted by atomic mass is 10.2. The third kappa shape index (κ3) is 2.89. The fourth-order valence-electron chi connectivity index (χ4n) is 2.96. The van der Waals surface area contributed by atoms with Crippen LogP contribution in [0.1, 0.15) is 17.1 Å². The molecular formula is C20H17N5O2. The second kappa shape index (κ2) is 6.53. The van der Waals surface area contributed by atoms with Gasteiger partial charge in [-0.25, -0.2) is 9.67 Å². The van der Waals surface area contributed by atoms with Crippen molar-refractivity contribution in [1.82, 2.24) is 19.4 Å². The van der Waals surface area contributed by atoms with Gasteiger partial charge in [-0.15, -0.1) is 0 Å². The molecule has 0 spiro atoms. The lowest BCUT2D eigenvalue weighted by Gasteiger charge is -2.04. The van der Waals surface area contributed by atoms with E-state index in [-0.39, 0.29) is 11.1 Å². The maximum absolute atomic E-state index is 12.7. The summed E-state index contributed by atoms with van der Waals surface area (Å²) in [5.74, 6) is 0.450. The number of nitrogens with one attached hydrogen (secondary N) is 1. The molecule has 0 amide bonds. The smallest absolute Gasteiger partial charge is 0.282 e. The summed E-state index contributed by atoms with van der Waals surface area (Å²) >= 11 is 0. The number of nitrogens with zero attached hydrogens (tertiary/aromatic N) is 4. The molecule has 0 radical (unpaired) electrons. The Morgan fingerprint density at radius 1 is 0.963 bits per heavy atom. The van der Waals surface area contributed by atoms with Gasteiger partial charge in [-0.05, 0) is 38.1 Å². The summed E-state index contributed by atoms with van der Waals surface area (Å²) in [5.41, 5.74) is 1.89. The molecule has 0 aliphatic rings. The Morgan fingerprint density at radius 3 is 2.44 bits per heavy atom. The van der Waals surface area contributed by atoms with Crippen LogP contribution in [0.5, 0.6) is 0 Å². The predicted octanol–water partition coefficient (Wildman–Crippen LogP) is 2.37. The second-order valence-corrected chi connectivity index (χ2v) is 6.16. The summed E-state index contributed by atoms with van der Waals surface area (Å²) in [6, 6.07) is 16.4. The molecule has 7 heteroatoms. The number of H-pyrrole nitrogens is 1. The van der Waals surface area contributed by atoms with E-state index < -0.39 is 0 Å². The Bertz CT molecular complexity index is 1280. The summed E-state index contributed by atoms with van der Waals surface area (Å²) < 4.78 is 2.66. The topological polar surface area (TPSA) is 85.0 Å². The minimum absolute atomic E-state index is 0.234. The SMILES string of the molecule is Cc1[nH]n(-c2ccccc2)c(=O)c1/C=N/n1c(C)nc2ccccc2c1=O. The molecule has 0 bridgehead atoms. The van der Waals surface area contributed by atoms with E-state index in [0.717, 1.165) is 5.69 Å². The average molecular weight is 359 g/mol. The summed E-state index contributed by atoms with van der Waals surface area (Å²) in [7, 11) is 0. The number of hydrogen-bond acceptors (Lipinski definition) is 4. The van der Waals surface area contributed by atoms with Crippen molar-refractivity contribution in [2.75, 3.05) is 0 Å². The second-order valence-electron chi connectivity index (χ2n) is 6.16. The summed E-state index contributed by atoms with van der Waals surface area (Å²) in [4.78, 5) is 29.8. The largest absolute Gasteiger partial charge is 0.295 e. The van der Waals surface area contributed by atoms with Gasteiger partial charge in [0.05, 0.1) is 28.4 Å². The van der Waals surface area contributed by atoms with Crippen LogP contribution in [0.4, 0.5) is 0 Å². The summed E-state index contributed by atoms with van der Waals surface area (Å²) in [5, 5.41) is 7.75. The van der Waals surface area contributed by atoms with Crippen molar-refractivity contribution in [2.45, 2.75) is 13.8 Å². The van der Waals surface area contributed by atoms with Gasteiger partial charge in [0.15, 0.2) is 0 Å². The Kier molecular flexibility index (Phi) is 4.04. The molecule has 0 saturated carbocycles. The van der Waals surface area contributed by atoms with E-state index in [2.05, 4.69) is 15.2 Å². The van der Waals surface area contributed by atoms with Crippen molar-refractivity contribution in [2.24, 2.45) is 5.10 Å². The highest BCUT2D eigenvalue weighted by Gasteiger charge is 2.11. The lowest BCUT2D eigenvalue weighted by Crippen LogP contribution is -2.21. The van der Waals surface area contributed by atoms with Gasteiger partial charge in [0.1, 0.15) is 5.82 Å². The van der Waals surface area contributed by atoms with Crippen LogP contribution in [0.25, 0.3) is 16.6 Å². The Balaban J connectivity index is 1.81. The normalized spacial score (nSPS) is 11.5. The zero-order valence-corrected chi connectivity index (χ0v) is 14.9. The van der Waals surface area contributed by atoms with E-state index in [1.807, 2.05) is 36.4 Å². The van der Waals surface area contributed by atoms with Gasteiger partial charge < -0.3 is 0 Å². The molecule has 2 heterocycles. The molecular weight excluding hydrogens is 342 g/mol. The molecule has 0 atom stereocenters. The first-order valence-electron chi connectivity index (χ1n) is 8.46. The monoisotopic (exact) mass is 359 g/mol. The minimum Gasteiger partial charge on any atom is -0.295 e.